The van der Waals surface area contributed by atoms with Crippen LogP contribution in [0.2, 0.25) is 5.02 Å². The van der Waals surface area contributed by atoms with Gasteiger partial charge in [0.1, 0.15) is 6.54 Å². The van der Waals surface area contributed by atoms with E-state index in [9.17, 15) is 0 Å². The predicted molar refractivity (Wildman–Crippen MR) is 70.3 cm³/mol. The van der Waals surface area contributed by atoms with E-state index in [2.05, 4.69) is 15.1 Å². The van der Waals surface area contributed by atoms with Gasteiger partial charge in [-0.25, -0.2) is 0 Å². The number of hydrogen-bond acceptors (Lipinski definition) is 4. The Kier molecular flexibility index (Phi) is 2.68. The summed E-state index contributed by atoms with van der Waals surface area (Å²) in [5.41, 5.74) is 1.74. The molecule has 2 aromatic heterocycles. The number of nitrogens with one attached hydrogen (secondary N) is 1. The largest absolute Gasteiger partial charge is 0.337 e. The summed E-state index contributed by atoms with van der Waals surface area (Å²) in [7, 11) is 0. The monoisotopic (exact) mass is 280 g/mol. The summed E-state index contributed by atoms with van der Waals surface area (Å²) in [6.07, 6.45) is 0. The van der Waals surface area contributed by atoms with E-state index in [1.54, 1.807) is 6.92 Å². The summed E-state index contributed by atoms with van der Waals surface area (Å²) in [6.45, 7) is 2.18. The number of hydrogen-bond donors (Lipinski definition) is 1. The molecule has 0 bridgehead atoms. The molecule has 0 saturated carbocycles. The number of H-pyrrole nitrogens is 1. The molecular formula is C11H9ClN4OS. The summed E-state index contributed by atoms with van der Waals surface area (Å²) in [5.74, 6) is 1.10. The molecule has 0 amide bonds. The van der Waals surface area contributed by atoms with Crippen molar-refractivity contribution in [3.63, 3.8) is 0 Å². The van der Waals surface area contributed by atoms with Gasteiger partial charge in [-0.15, -0.1) is 0 Å². The molecule has 92 valence electrons. The van der Waals surface area contributed by atoms with E-state index in [1.165, 1.54) is 0 Å². The molecule has 0 aliphatic heterocycles. The molecule has 3 aromatic rings. The first-order valence-corrected chi connectivity index (χ1v) is 6.10. The molecule has 3 rings (SSSR count). The zero-order valence-electron chi connectivity index (χ0n) is 9.48. The van der Waals surface area contributed by atoms with E-state index in [4.69, 9.17) is 28.3 Å². The van der Waals surface area contributed by atoms with Crippen molar-refractivity contribution < 1.29 is 4.52 Å². The lowest BCUT2D eigenvalue weighted by molar-refractivity contribution is 0.368. The molecule has 1 aromatic carbocycles. The second-order valence-corrected chi connectivity index (χ2v) is 4.68. The summed E-state index contributed by atoms with van der Waals surface area (Å²) in [4.78, 5) is 7.26. The third-order valence-electron chi connectivity index (χ3n) is 2.61. The molecule has 7 heteroatoms. The third-order valence-corrected chi connectivity index (χ3v) is 3.23. The highest BCUT2D eigenvalue weighted by Gasteiger charge is 2.11. The fourth-order valence-corrected chi connectivity index (χ4v) is 2.41. The summed E-state index contributed by atoms with van der Waals surface area (Å²) in [6, 6.07) is 5.62. The molecular weight excluding hydrogens is 272 g/mol. The van der Waals surface area contributed by atoms with Gasteiger partial charge in [-0.05, 0) is 31.3 Å². The zero-order chi connectivity index (χ0) is 12.7. The van der Waals surface area contributed by atoms with E-state index in [0.29, 0.717) is 28.1 Å². The molecule has 0 aliphatic carbocycles. The topological polar surface area (TPSA) is 59.6 Å². The molecule has 2 heterocycles. The normalized spacial score (nSPS) is 11.2. The number of halogens is 1. The summed E-state index contributed by atoms with van der Waals surface area (Å²) >= 11 is 11.5. The Morgan fingerprint density at radius 2 is 2.33 bits per heavy atom. The highest BCUT2D eigenvalue weighted by Crippen LogP contribution is 2.23. The van der Waals surface area contributed by atoms with Gasteiger partial charge in [0.2, 0.25) is 5.89 Å². The number of rotatable bonds is 2. The van der Waals surface area contributed by atoms with Crippen LogP contribution in [0.25, 0.3) is 11.0 Å². The van der Waals surface area contributed by atoms with Crippen molar-refractivity contribution in [1.29, 1.82) is 0 Å². The molecule has 0 spiro atoms. The van der Waals surface area contributed by atoms with Gasteiger partial charge in [0.25, 0.3) is 0 Å². The number of aromatic amines is 1. The minimum Gasteiger partial charge on any atom is -0.337 e. The zero-order valence-corrected chi connectivity index (χ0v) is 11.0. The Morgan fingerprint density at radius 1 is 1.50 bits per heavy atom. The van der Waals surface area contributed by atoms with E-state index in [-0.39, 0.29) is 0 Å². The Hall–Kier alpha value is -1.66. The Bertz CT molecular complexity index is 773. The SMILES string of the molecule is Cc1noc(Cn2c(=S)[nH]c3cccc(Cl)c32)n1. The van der Waals surface area contributed by atoms with Crippen LogP contribution in [-0.2, 0) is 6.54 Å². The average Bonchev–Trinajstić information content (AvgIpc) is 2.85. The molecule has 18 heavy (non-hydrogen) atoms. The second-order valence-electron chi connectivity index (χ2n) is 3.89. The molecule has 1 N–H and O–H groups in total. The number of aromatic nitrogens is 4. The standard InChI is InChI=1S/C11H9ClN4OS/c1-6-13-9(17-15-6)5-16-10-7(12)3-2-4-8(10)14-11(16)18/h2-4H,5H2,1H3,(H,14,18). The first-order valence-electron chi connectivity index (χ1n) is 5.31. The van der Waals surface area contributed by atoms with Crippen LogP contribution >= 0.6 is 23.8 Å². The second kappa shape index (κ2) is 4.22. The average molecular weight is 281 g/mol. The van der Waals surface area contributed by atoms with Crippen molar-refractivity contribution in [3.8, 4) is 0 Å². The van der Waals surface area contributed by atoms with Gasteiger partial charge in [0, 0.05) is 0 Å². The quantitative estimate of drug-likeness (QED) is 0.733. The van der Waals surface area contributed by atoms with Crippen LogP contribution in [0.3, 0.4) is 0 Å². The molecule has 0 saturated heterocycles. The molecule has 5 nitrogen and oxygen atoms in total. The maximum Gasteiger partial charge on any atom is 0.246 e. The van der Waals surface area contributed by atoms with Crippen LogP contribution in [-0.4, -0.2) is 19.7 Å². The van der Waals surface area contributed by atoms with Crippen molar-refractivity contribution in [3.05, 3.63) is 39.7 Å². The number of para-hydroxylation sites is 1. The van der Waals surface area contributed by atoms with E-state index >= 15 is 0 Å². The van der Waals surface area contributed by atoms with Gasteiger partial charge >= 0.3 is 0 Å². The lowest BCUT2D eigenvalue weighted by Crippen LogP contribution is -2.00. The highest BCUT2D eigenvalue weighted by molar-refractivity contribution is 7.71. The first-order chi connectivity index (χ1) is 8.65. The van der Waals surface area contributed by atoms with Crippen LogP contribution < -0.4 is 0 Å². The van der Waals surface area contributed by atoms with Gasteiger partial charge in [-0.1, -0.05) is 22.8 Å². The van der Waals surface area contributed by atoms with Gasteiger partial charge in [-0.2, -0.15) is 4.98 Å². The van der Waals surface area contributed by atoms with Crippen LogP contribution in [0, 0.1) is 11.7 Å². The van der Waals surface area contributed by atoms with Crippen LogP contribution in [0.5, 0.6) is 0 Å². The number of benzene rings is 1. The molecule has 0 fully saturated rings. The Labute approximate surface area is 112 Å². The highest BCUT2D eigenvalue weighted by atomic mass is 35.5. The number of fused-ring (bicyclic) bond motifs is 1. The van der Waals surface area contributed by atoms with Crippen molar-refractivity contribution in [2.75, 3.05) is 0 Å². The Morgan fingerprint density at radius 3 is 3.06 bits per heavy atom. The Balaban J connectivity index is 2.16. The molecule has 0 aliphatic rings. The molecule has 0 atom stereocenters. The summed E-state index contributed by atoms with van der Waals surface area (Å²) < 4.78 is 7.52. The van der Waals surface area contributed by atoms with E-state index < -0.39 is 0 Å². The number of imidazole rings is 1. The fourth-order valence-electron chi connectivity index (χ4n) is 1.87. The van der Waals surface area contributed by atoms with Gasteiger partial charge in [0.05, 0.1) is 16.1 Å². The fraction of sp³-hybridized carbons (Fsp3) is 0.182. The molecule has 0 unspecified atom stereocenters. The van der Waals surface area contributed by atoms with Crippen molar-refractivity contribution >= 4 is 34.9 Å². The van der Waals surface area contributed by atoms with Crippen molar-refractivity contribution in [2.24, 2.45) is 0 Å². The third kappa shape index (κ3) is 1.83. The smallest absolute Gasteiger partial charge is 0.246 e. The van der Waals surface area contributed by atoms with Crippen LogP contribution in [0.15, 0.2) is 22.7 Å². The predicted octanol–water partition coefficient (Wildman–Crippen LogP) is 3.09. The van der Waals surface area contributed by atoms with Gasteiger partial charge in [-0.3, -0.25) is 0 Å². The van der Waals surface area contributed by atoms with Gasteiger partial charge in [0.15, 0.2) is 10.6 Å². The lowest BCUT2D eigenvalue weighted by Gasteiger charge is -2.01. The molecule has 0 radical (unpaired) electrons. The minimum absolute atomic E-state index is 0.406. The lowest BCUT2D eigenvalue weighted by atomic mass is 10.3. The number of aryl methyl sites for hydroxylation is 1. The maximum atomic E-state index is 6.19. The number of nitrogens with zero attached hydrogens (tertiary/aromatic N) is 3. The van der Waals surface area contributed by atoms with Gasteiger partial charge < -0.3 is 14.1 Å². The van der Waals surface area contributed by atoms with Crippen LogP contribution in [0.1, 0.15) is 11.7 Å². The van der Waals surface area contributed by atoms with Crippen molar-refractivity contribution in [1.82, 2.24) is 19.7 Å². The van der Waals surface area contributed by atoms with E-state index in [1.807, 2.05) is 22.8 Å². The van der Waals surface area contributed by atoms with Crippen molar-refractivity contribution in [2.45, 2.75) is 13.5 Å². The minimum atomic E-state index is 0.406. The van der Waals surface area contributed by atoms with E-state index in [0.717, 1.165) is 11.0 Å². The first kappa shape index (κ1) is 11.4. The maximum absolute atomic E-state index is 6.19. The summed E-state index contributed by atoms with van der Waals surface area (Å²) in [5, 5.41) is 4.39. The van der Waals surface area contributed by atoms with Crippen LogP contribution in [0.4, 0.5) is 0 Å².